The predicted molar refractivity (Wildman–Crippen MR) is 183 cm³/mol. The van der Waals surface area contributed by atoms with Gasteiger partial charge in [-0.2, -0.15) is 0 Å². The van der Waals surface area contributed by atoms with Crippen LogP contribution in [0, 0.1) is 20.8 Å². The highest BCUT2D eigenvalue weighted by Crippen LogP contribution is 2.39. The van der Waals surface area contributed by atoms with Gasteiger partial charge in [0.05, 0.1) is 17.9 Å². The Morgan fingerprint density at radius 2 is 1.82 bits per heavy atom. The average molecular weight is 639 g/mol. The molecule has 1 aliphatic heterocycles. The van der Waals surface area contributed by atoms with Crippen molar-refractivity contribution in [1.82, 2.24) is 9.88 Å². The fourth-order valence-corrected chi connectivity index (χ4v) is 7.72. The lowest BCUT2D eigenvalue weighted by atomic mass is 9.95. The van der Waals surface area contributed by atoms with Crippen LogP contribution in [0.5, 0.6) is 5.75 Å². The third-order valence-electron chi connectivity index (χ3n) is 8.15. The molecule has 8 nitrogen and oxygen atoms in total. The number of anilines is 2. The van der Waals surface area contributed by atoms with E-state index in [2.05, 4.69) is 15.2 Å². The Hall–Kier alpha value is -4.54. The first-order valence-electron chi connectivity index (χ1n) is 15.0. The second-order valence-electron chi connectivity index (χ2n) is 11.3. The van der Waals surface area contributed by atoms with E-state index in [1.807, 2.05) is 58.0 Å². The fourth-order valence-electron chi connectivity index (χ4n) is 5.95. The molecular weight excluding hydrogens is 605 g/mol. The molecule has 0 radical (unpaired) electrons. The lowest BCUT2D eigenvalue weighted by Gasteiger charge is -2.29. The van der Waals surface area contributed by atoms with Gasteiger partial charge in [-0.05, 0) is 113 Å². The number of carbonyl (C=O) groups is 3. The summed E-state index contributed by atoms with van der Waals surface area (Å²) < 4.78 is 7.67. The van der Waals surface area contributed by atoms with E-state index in [4.69, 9.17) is 17.0 Å². The van der Waals surface area contributed by atoms with E-state index in [-0.39, 0.29) is 16.6 Å². The van der Waals surface area contributed by atoms with E-state index in [0.29, 0.717) is 29.2 Å². The molecule has 4 aromatic rings. The number of ether oxygens (including phenoxy) is 1. The molecule has 1 saturated heterocycles. The molecular formula is C35H34N4O4S2. The van der Waals surface area contributed by atoms with Crippen molar-refractivity contribution in [2.45, 2.75) is 53.4 Å². The first-order valence-corrected chi connectivity index (χ1v) is 16.2. The minimum atomic E-state index is -0.559. The second kappa shape index (κ2) is 12.5. The highest BCUT2D eigenvalue weighted by Gasteiger charge is 2.35. The third-order valence-corrected chi connectivity index (χ3v) is 9.71. The van der Waals surface area contributed by atoms with E-state index in [1.54, 1.807) is 41.7 Å². The minimum Gasteiger partial charge on any atom is -0.494 e. The highest BCUT2D eigenvalue weighted by atomic mass is 32.1. The number of aromatic nitrogens is 1. The predicted octanol–water partition coefficient (Wildman–Crippen LogP) is 6.83. The minimum absolute atomic E-state index is 0.00895. The summed E-state index contributed by atoms with van der Waals surface area (Å²) in [5.74, 6) is -0.623. The first-order chi connectivity index (χ1) is 21.7. The largest absolute Gasteiger partial charge is 0.494 e. The number of benzene rings is 2. The SMILES string of the molecule is CCOc1cccc(N2C(=O)/C(=C/c3cc(C)n(-c4sc5c(c4C(=O)Nc4ccc(C)cc4)CCCC5)c3C)C(=O)NC2=S)c1. The van der Waals surface area contributed by atoms with Crippen LogP contribution in [0.4, 0.5) is 11.4 Å². The molecule has 2 N–H and O–H groups in total. The molecule has 0 atom stereocenters. The molecule has 0 unspecified atom stereocenters. The molecule has 230 valence electrons. The zero-order valence-electron chi connectivity index (χ0n) is 25.7. The van der Waals surface area contributed by atoms with Crippen molar-refractivity contribution in [3.05, 3.63) is 98.7 Å². The van der Waals surface area contributed by atoms with E-state index in [1.165, 1.54) is 9.78 Å². The van der Waals surface area contributed by atoms with Crippen molar-refractivity contribution in [3.8, 4) is 10.8 Å². The summed E-state index contributed by atoms with van der Waals surface area (Å²) >= 11 is 7.05. The van der Waals surface area contributed by atoms with Crippen LogP contribution in [-0.2, 0) is 22.4 Å². The molecule has 2 aromatic carbocycles. The maximum absolute atomic E-state index is 13.9. The van der Waals surface area contributed by atoms with Crippen LogP contribution >= 0.6 is 23.6 Å². The number of thiophene rings is 1. The summed E-state index contributed by atoms with van der Waals surface area (Å²) in [6.07, 6.45) is 5.54. The number of carbonyl (C=O) groups excluding carboxylic acids is 3. The third kappa shape index (κ3) is 5.83. The molecule has 3 amide bonds. The normalized spacial score (nSPS) is 15.7. The molecule has 0 spiro atoms. The molecule has 2 aromatic heterocycles. The molecule has 0 saturated carbocycles. The summed E-state index contributed by atoms with van der Waals surface area (Å²) in [5, 5.41) is 6.63. The van der Waals surface area contributed by atoms with Crippen molar-refractivity contribution in [3.63, 3.8) is 0 Å². The van der Waals surface area contributed by atoms with Gasteiger partial charge in [0, 0.05) is 28.0 Å². The van der Waals surface area contributed by atoms with E-state index < -0.39 is 11.8 Å². The van der Waals surface area contributed by atoms with Gasteiger partial charge in [-0.1, -0.05) is 23.8 Å². The maximum Gasteiger partial charge on any atom is 0.270 e. The molecule has 6 rings (SSSR count). The maximum atomic E-state index is 13.9. The molecule has 10 heteroatoms. The van der Waals surface area contributed by atoms with Crippen molar-refractivity contribution >= 4 is 63.8 Å². The number of nitrogens with one attached hydrogen (secondary N) is 2. The number of nitrogens with zero attached hydrogens (tertiary/aromatic N) is 2. The number of rotatable bonds is 7. The van der Waals surface area contributed by atoms with Gasteiger partial charge in [0.1, 0.15) is 16.3 Å². The Balaban J connectivity index is 1.39. The zero-order valence-corrected chi connectivity index (χ0v) is 27.3. The van der Waals surface area contributed by atoms with Gasteiger partial charge in [-0.3, -0.25) is 24.6 Å². The zero-order chi connectivity index (χ0) is 31.8. The van der Waals surface area contributed by atoms with Gasteiger partial charge in [-0.25, -0.2) is 0 Å². The lowest BCUT2D eigenvalue weighted by molar-refractivity contribution is -0.122. The van der Waals surface area contributed by atoms with Crippen LogP contribution in [0.2, 0.25) is 0 Å². The van der Waals surface area contributed by atoms with Crippen LogP contribution in [0.25, 0.3) is 11.1 Å². The van der Waals surface area contributed by atoms with Gasteiger partial charge in [0.2, 0.25) is 0 Å². The summed E-state index contributed by atoms with van der Waals surface area (Å²) in [6, 6.07) is 16.8. The first kappa shape index (κ1) is 30.5. The fraction of sp³-hybridized carbons (Fsp3) is 0.257. The molecule has 1 aliphatic carbocycles. The number of hydrogen-bond donors (Lipinski definition) is 2. The van der Waals surface area contributed by atoms with Crippen molar-refractivity contribution in [2.75, 3.05) is 16.8 Å². The number of thiocarbonyl (C=S) groups is 1. The van der Waals surface area contributed by atoms with Crippen molar-refractivity contribution < 1.29 is 19.1 Å². The topological polar surface area (TPSA) is 92.7 Å². The van der Waals surface area contributed by atoms with E-state index >= 15 is 0 Å². The van der Waals surface area contributed by atoms with Gasteiger partial charge in [0.25, 0.3) is 17.7 Å². The van der Waals surface area contributed by atoms with E-state index in [9.17, 15) is 14.4 Å². The van der Waals surface area contributed by atoms with Crippen molar-refractivity contribution in [2.24, 2.45) is 0 Å². The van der Waals surface area contributed by atoms with Gasteiger partial charge in [0.15, 0.2) is 5.11 Å². The number of hydrogen-bond acceptors (Lipinski definition) is 6. The highest BCUT2D eigenvalue weighted by molar-refractivity contribution is 7.80. The Bertz CT molecular complexity index is 1880. The monoisotopic (exact) mass is 638 g/mol. The van der Waals surface area contributed by atoms with Crippen LogP contribution < -0.4 is 20.3 Å². The molecule has 45 heavy (non-hydrogen) atoms. The van der Waals surface area contributed by atoms with Gasteiger partial charge in [-0.15, -0.1) is 11.3 Å². The molecule has 3 heterocycles. The molecule has 1 fully saturated rings. The smallest absolute Gasteiger partial charge is 0.270 e. The summed E-state index contributed by atoms with van der Waals surface area (Å²) in [6.45, 7) is 8.28. The Morgan fingerprint density at radius 3 is 2.58 bits per heavy atom. The summed E-state index contributed by atoms with van der Waals surface area (Å²) in [5.41, 5.74) is 6.55. The Morgan fingerprint density at radius 1 is 1.07 bits per heavy atom. The second-order valence-corrected chi connectivity index (χ2v) is 12.7. The summed E-state index contributed by atoms with van der Waals surface area (Å²) in [4.78, 5) is 43.3. The van der Waals surface area contributed by atoms with Gasteiger partial charge < -0.3 is 14.6 Å². The number of amides is 3. The van der Waals surface area contributed by atoms with Crippen LogP contribution in [0.15, 0.2) is 60.2 Å². The van der Waals surface area contributed by atoms with Crippen molar-refractivity contribution in [1.29, 1.82) is 0 Å². The number of aryl methyl sites for hydroxylation is 3. The van der Waals surface area contributed by atoms with Crippen LogP contribution in [-0.4, -0.2) is 34.0 Å². The lowest BCUT2D eigenvalue weighted by Crippen LogP contribution is -2.54. The molecule has 2 aliphatic rings. The van der Waals surface area contributed by atoms with E-state index in [0.717, 1.165) is 58.9 Å². The number of fused-ring (bicyclic) bond motifs is 1. The quantitative estimate of drug-likeness (QED) is 0.132. The standard InChI is InChI=1S/C35H34N4O4S2/c1-5-43-26-10-8-9-25(19-26)39-33(42)28(31(40)37-35(39)44)18-23-17-21(3)38(22(23)4)34-30(27-11-6-7-12-29(27)45-34)32(41)36-24-15-13-20(2)14-16-24/h8-10,13-19H,5-7,11-12H2,1-4H3,(H,36,41)(H,37,40,44)/b28-18+. The Labute approximate surface area is 271 Å². The summed E-state index contributed by atoms with van der Waals surface area (Å²) in [7, 11) is 0. The van der Waals surface area contributed by atoms with Crippen LogP contribution in [0.3, 0.4) is 0 Å². The average Bonchev–Trinajstić information content (AvgIpc) is 3.52. The Kier molecular flexibility index (Phi) is 8.44. The van der Waals surface area contributed by atoms with Gasteiger partial charge >= 0.3 is 0 Å². The molecule has 0 bridgehead atoms. The van der Waals surface area contributed by atoms with Crippen LogP contribution in [0.1, 0.15) is 63.1 Å².